The van der Waals surface area contributed by atoms with Gasteiger partial charge in [-0.2, -0.15) is 0 Å². The summed E-state index contributed by atoms with van der Waals surface area (Å²) in [4.78, 5) is 24.3. The zero-order valence-corrected chi connectivity index (χ0v) is 13.1. The van der Waals surface area contributed by atoms with Gasteiger partial charge in [0.05, 0.1) is 18.9 Å². The third-order valence-corrected chi connectivity index (χ3v) is 3.90. The quantitative estimate of drug-likeness (QED) is 0.785. The number of para-hydroxylation sites is 1. The minimum absolute atomic E-state index is 0.0179. The predicted octanol–water partition coefficient (Wildman–Crippen LogP) is 2.52. The van der Waals surface area contributed by atoms with Gasteiger partial charge in [-0.15, -0.1) is 11.8 Å². The lowest BCUT2D eigenvalue weighted by molar-refractivity contribution is -0.126. The number of amides is 1. The van der Waals surface area contributed by atoms with Crippen LogP contribution in [0.1, 0.15) is 20.8 Å². The average Bonchev–Trinajstić information content (AvgIpc) is 2.42. The molecule has 1 unspecified atom stereocenters. The highest BCUT2D eigenvalue weighted by molar-refractivity contribution is 8.00. The van der Waals surface area contributed by atoms with Gasteiger partial charge in [-0.1, -0.05) is 26.0 Å². The molecular weight excluding hydrogens is 274 g/mol. The zero-order valence-electron chi connectivity index (χ0n) is 12.3. The van der Waals surface area contributed by atoms with Crippen LogP contribution < -0.4 is 10.1 Å². The highest BCUT2D eigenvalue weighted by Crippen LogP contribution is 2.28. The number of hydrogen-bond donors (Lipinski definition) is 1. The minimum atomic E-state index is -0.416. The number of carbonyl (C=O) groups is 2. The number of hydrogen-bond acceptors (Lipinski definition) is 4. The molecule has 1 aromatic carbocycles. The van der Waals surface area contributed by atoms with E-state index in [-0.39, 0.29) is 23.4 Å². The van der Waals surface area contributed by atoms with E-state index >= 15 is 0 Å². The number of carbonyl (C=O) groups excluding carboxylic acids is 2. The van der Waals surface area contributed by atoms with Crippen molar-refractivity contribution in [3.05, 3.63) is 24.3 Å². The summed E-state index contributed by atoms with van der Waals surface area (Å²) < 4.78 is 5.23. The lowest BCUT2D eigenvalue weighted by atomic mass is 10.0. The van der Waals surface area contributed by atoms with Gasteiger partial charge in [0.15, 0.2) is 5.78 Å². The molecule has 0 saturated carbocycles. The summed E-state index contributed by atoms with van der Waals surface area (Å²) in [6.07, 6.45) is 0. The van der Waals surface area contributed by atoms with E-state index in [1.165, 1.54) is 18.7 Å². The zero-order chi connectivity index (χ0) is 15.1. The summed E-state index contributed by atoms with van der Waals surface area (Å²) in [5.74, 6) is 0.937. The van der Waals surface area contributed by atoms with Crippen LogP contribution >= 0.6 is 11.8 Å². The molecule has 0 spiro atoms. The molecule has 0 radical (unpaired) electrons. The second-order valence-corrected chi connectivity index (χ2v) is 5.86. The SMILES string of the molecule is COc1ccccc1SCC(=O)NC(C(C)=O)C(C)C. The van der Waals surface area contributed by atoms with Crippen LogP contribution in [0.3, 0.4) is 0 Å². The molecule has 1 rings (SSSR count). The minimum Gasteiger partial charge on any atom is -0.496 e. The maximum atomic E-state index is 11.9. The van der Waals surface area contributed by atoms with Crippen molar-refractivity contribution in [2.75, 3.05) is 12.9 Å². The van der Waals surface area contributed by atoms with Crippen molar-refractivity contribution in [1.82, 2.24) is 5.32 Å². The first-order valence-corrected chi connectivity index (χ1v) is 7.50. The first-order valence-electron chi connectivity index (χ1n) is 6.51. The van der Waals surface area contributed by atoms with Crippen LogP contribution in [0, 0.1) is 5.92 Å². The number of nitrogens with one attached hydrogen (secondary N) is 1. The molecule has 20 heavy (non-hydrogen) atoms. The van der Waals surface area contributed by atoms with E-state index in [1.807, 2.05) is 38.1 Å². The first-order chi connectivity index (χ1) is 9.45. The summed E-state index contributed by atoms with van der Waals surface area (Å²) >= 11 is 1.40. The van der Waals surface area contributed by atoms with Crippen molar-refractivity contribution in [3.8, 4) is 5.75 Å². The standard InChI is InChI=1S/C15H21NO3S/c1-10(2)15(11(3)17)16-14(18)9-20-13-8-6-5-7-12(13)19-4/h5-8,10,15H,9H2,1-4H3,(H,16,18). The highest BCUT2D eigenvalue weighted by atomic mass is 32.2. The van der Waals surface area contributed by atoms with Gasteiger partial charge in [0, 0.05) is 4.90 Å². The van der Waals surface area contributed by atoms with Crippen LogP contribution in [0.15, 0.2) is 29.2 Å². The Bertz CT molecular complexity index is 474. The van der Waals surface area contributed by atoms with Crippen molar-refractivity contribution >= 4 is 23.5 Å². The maximum absolute atomic E-state index is 11.9. The van der Waals surface area contributed by atoms with Gasteiger partial charge in [-0.05, 0) is 25.0 Å². The van der Waals surface area contributed by atoms with Gasteiger partial charge in [0.25, 0.3) is 0 Å². The fourth-order valence-electron chi connectivity index (χ4n) is 1.83. The number of benzene rings is 1. The summed E-state index contributed by atoms with van der Waals surface area (Å²) in [6.45, 7) is 5.33. The fourth-order valence-corrected chi connectivity index (χ4v) is 2.67. The van der Waals surface area contributed by atoms with Crippen LogP contribution in [0.25, 0.3) is 0 Å². The van der Waals surface area contributed by atoms with Gasteiger partial charge < -0.3 is 10.1 Å². The summed E-state index contributed by atoms with van der Waals surface area (Å²) in [5.41, 5.74) is 0. The van der Waals surface area contributed by atoms with Gasteiger partial charge in [-0.3, -0.25) is 9.59 Å². The van der Waals surface area contributed by atoms with E-state index < -0.39 is 6.04 Å². The van der Waals surface area contributed by atoms with Gasteiger partial charge in [0.1, 0.15) is 5.75 Å². The molecule has 0 aliphatic rings. The number of ketones is 1. The normalized spacial score (nSPS) is 12.1. The van der Waals surface area contributed by atoms with Crippen LogP contribution in [-0.4, -0.2) is 30.6 Å². The molecule has 1 aromatic rings. The second kappa shape index (κ2) is 7.94. The van der Waals surface area contributed by atoms with E-state index in [9.17, 15) is 9.59 Å². The van der Waals surface area contributed by atoms with Gasteiger partial charge in [0.2, 0.25) is 5.91 Å². The van der Waals surface area contributed by atoms with Crippen LogP contribution in [0.4, 0.5) is 0 Å². The van der Waals surface area contributed by atoms with E-state index in [4.69, 9.17) is 4.74 Å². The van der Waals surface area contributed by atoms with Crippen LogP contribution in [0.5, 0.6) is 5.75 Å². The molecule has 0 saturated heterocycles. The maximum Gasteiger partial charge on any atom is 0.230 e. The Labute approximate surface area is 124 Å². The van der Waals surface area contributed by atoms with Crippen molar-refractivity contribution in [2.24, 2.45) is 5.92 Å². The van der Waals surface area contributed by atoms with E-state index in [2.05, 4.69) is 5.32 Å². The number of thioether (sulfide) groups is 1. The number of Topliss-reactive ketones (excluding diaryl/α,β-unsaturated/α-hetero) is 1. The third kappa shape index (κ3) is 4.89. The molecule has 0 fully saturated rings. The van der Waals surface area contributed by atoms with Crippen LogP contribution in [-0.2, 0) is 9.59 Å². The Morgan fingerprint density at radius 2 is 1.95 bits per heavy atom. The molecule has 4 nitrogen and oxygen atoms in total. The van der Waals surface area contributed by atoms with Crippen molar-refractivity contribution in [1.29, 1.82) is 0 Å². The van der Waals surface area contributed by atoms with Gasteiger partial charge in [-0.25, -0.2) is 0 Å². The molecule has 1 amide bonds. The third-order valence-electron chi connectivity index (χ3n) is 2.85. The fraction of sp³-hybridized carbons (Fsp3) is 0.467. The topological polar surface area (TPSA) is 55.4 Å². The smallest absolute Gasteiger partial charge is 0.230 e. The lowest BCUT2D eigenvalue weighted by Gasteiger charge is -2.19. The predicted molar refractivity (Wildman–Crippen MR) is 81.2 cm³/mol. The Morgan fingerprint density at radius 3 is 2.50 bits per heavy atom. The van der Waals surface area contributed by atoms with Crippen LogP contribution in [0.2, 0.25) is 0 Å². The van der Waals surface area contributed by atoms with E-state index in [0.717, 1.165) is 10.6 Å². The van der Waals surface area contributed by atoms with Gasteiger partial charge >= 0.3 is 0 Å². The summed E-state index contributed by atoms with van der Waals surface area (Å²) in [5, 5.41) is 2.77. The second-order valence-electron chi connectivity index (χ2n) is 4.84. The first kappa shape index (κ1) is 16.6. The lowest BCUT2D eigenvalue weighted by Crippen LogP contribution is -2.44. The largest absolute Gasteiger partial charge is 0.496 e. The molecule has 110 valence electrons. The summed E-state index contributed by atoms with van der Waals surface area (Å²) in [7, 11) is 1.60. The molecule has 5 heteroatoms. The Morgan fingerprint density at radius 1 is 1.30 bits per heavy atom. The average molecular weight is 295 g/mol. The molecule has 0 aromatic heterocycles. The Balaban J connectivity index is 2.57. The number of methoxy groups -OCH3 is 1. The molecule has 1 atom stereocenters. The van der Waals surface area contributed by atoms with E-state index in [0.29, 0.717) is 0 Å². The number of rotatable bonds is 7. The molecule has 0 bridgehead atoms. The molecule has 0 heterocycles. The molecule has 0 aliphatic heterocycles. The Hall–Kier alpha value is -1.49. The van der Waals surface area contributed by atoms with Crippen molar-refractivity contribution < 1.29 is 14.3 Å². The highest BCUT2D eigenvalue weighted by Gasteiger charge is 2.20. The Kier molecular flexibility index (Phi) is 6.58. The van der Waals surface area contributed by atoms with Crippen molar-refractivity contribution in [3.63, 3.8) is 0 Å². The van der Waals surface area contributed by atoms with E-state index in [1.54, 1.807) is 7.11 Å². The molecule has 0 aliphatic carbocycles. The summed E-state index contributed by atoms with van der Waals surface area (Å²) in [6, 6.07) is 7.12. The van der Waals surface area contributed by atoms with Crippen molar-refractivity contribution in [2.45, 2.75) is 31.7 Å². The molecular formula is C15H21NO3S. The molecule has 1 N–H and O–H groups in total. The number of ether oxygens (including phenoxy) is 1. The monoisotopic (exact) mass is 295 g/mol.